The van der Waals surface area contributed by atoms with Crippen LogP contribution in [0.1, 0.15) is 99.8 Å². The molecule has 6 fully saturated rings. The van der Waals surface area contributed by atoms with Crippen molar-refractivity contribution in [2.24, 2.45) is 50.7 Å². The predicted octanol–water partition coefficient (Wildman–Crippen LogP) is 0.258. The van der Waals surface area contributed by atoms with E-state index in [0.29, 0.717) is 38.5 Å². The highest BCUT2D eigenvalue weighted by atomic mass is 16.8. The van der Waals surface area contributed by atoms with Gasteiger partial charge in [-0.1, -0.05) is 53.2 Å². The van der Waals surface area contributed by atoms with Gasteiger partial charge in [-0.25, -0.2) is 0 Å². The summed E-state index contributed by atoms with van der Waals surface area (Å²) in [7, 11) is 0. The molecule has 326 valence electrons. The van der Waals surface area contributed by atoms with Gasteiger partial charge in [0.05, 0.1) is 36.4 Å². The van der Waals surface area contributed by atoms with E-state index in [0.717, 1.165) is 18.4 Å². The molecule has 4 saturated carbocycles. The highest BCUT2D eigenvalue weighted by Gasteiger charge is 2.72. The molecule has 57 heavy (non-hydrogen) atoms. The summed E-state index contributed by atoms with van der Waals surface area (Å²) in [4.78, 5) is 15.1. The van der Waals surface area contributed by atoms with Crippen LogP contribution in [0, 0.1) is 50.7 Å². The van der Waals surface area contributed by atoms with Gasteiger partial charge in [-0.15, -0.1) is 0 Å². The Bertz CT molecular complexity index is 1550. The molecule has 0 aromatic carbocycles. The number of aliphatic hydroxyl groups excluding tert-OH is 9. The predicted molar refractivity (Wildman–Crippen MR) is 200 cm³/mol. The summed E-state index contributed by atoms with van der Waals surface area (Å²) in [5.74, 6) is -1.25. The molecule has 2 saturated heterocycles. The average molecular weight is 813 g/mol. The monoisotopic (exact) mass is 812 g/mol. The molecule has 5 aliphatic carbocycles. The van der Waals surface area contributed by atoms with Gasteiger partial charge in [0.15, 0.2) is 12.4 Å². The van der Waals surface area contributed by atoms with E-state index in [1.54, 1.807) is 6.92 Å². The molecule has 7 aliphatic rings. The Morgan fingerprint density at radius 1 is 0.772 bits per heavy atom. The zero-order valence-electron chi connectivity index (χ0n) is 34.4. The maximum atomic E-state index is 15.1. The van der Waals surface area contributed by atoms with Crippen LogP contribution in [0.5, 0.6) is 0 Å². The Kier molecular flexibility index (Phi) is 11.3. The summed E-state index contributed by atoms with van der Waals surface area (Å²) in [6, 6.07) is 0. The second kappa shape index (κ2) is 14.7. The molecule has 0 aromatic heterocycles. The third-order valence-electron chi connectivity index (χ3n) is 17.6. The molecule has 2 aliphatic heterocycles. The van der Waals surface area contributed by atoms with Gasteiger partial charge in [0.1, 0.15) is 42.7 Å². The van der Waals surface area contributed by atoms with Gasteiger partial charge in [0.2, 0.25) is 6.29 Å². The Balaban J connectivity index is 1.24. The smallest absolute Gasteiger partial charge is 0.315 e. The fourth-order valence-electron chi connectivity index (χ4n) is 13.8. The van der Waals surface area contributed by atoms with Gasteiger partial charge in [-0.2, -0.15) is 0 Å². The van der Waals surface area contributed by atoms with Crippen LogP contribution in [-0.2, 0) is 23.7 Å². The molecule has 0 bridgehead atoms. The first kappa shape index (κ1) is 43.8. The van der Waals surface area contributed by atoms with Gasteiger partial charge < -0.3 is 70.0 Å². The molecular formula is C42H68O15. The standard InChI is InChI=1S/C42H68O15/c1-19-10-13-42(36(52)57-35-31(29(49)27(47)23(18-44)55-35)56-34-30(50)28(48)26(46)22(17-43)54-34)15-14-39(5)20(32(42)41(19,7)53)8-9-25-38(4)16-21(45)33(51)37(2,3)24(38)11-12-40(25,39)6/h8,19,21-35,43-51,53H,9-18H2,1-7H3/t19-,21-,22-,23-,24+,25-,26-,27-,28+,29+,30-,31-,32-,33+,34+,35+,38+,39-,40-,41-,42+/m1/s1. The van der Waals surface area contributed by atoms with Crippen LogP contribution in [-0.4, -0.2) is 149 Å². The zero-order chi connectivity index (χ0) is 42.0. The molecule has 21 atom stereocenters. The molecule has 0 amide bonds. The van der Waals surface area contributed by atoms with Crippen molar-refractivity contribution >= 4 is 5.97 Å². The van der Waals surface area contributed by atoms with E-state index in [1.807, 2.05) is 6.92 Å². The third kappa shape index (κ3) is 6.18. The molecule has 2 heterocycles. The number of esters is 1. The van der Waals surface area contributed by atoms with E-state index < -0.39 is 121 Å². The summed E-state index contributed by atoms with van der Waals surface area (Å²) in [5, 5.41) is 108. The van der Waals surface area contributed by atoms with Crippen molar-refractivity contribution in [2.45, 2.75) is 179 Å². The number of fused-ring (bicyclic) bond motifs is 7. The van der Waals surface area contributed by atoms with Crippen molar-refractivity contribution in [3.63, 3.8) is 0 Å². The molecule has 0 aromatic rings. The zero-order valence-corrected chi connectivity index (χ0v) is 34.4. The van der Waals surface area contributed by atoms with E-state index >= 15 is 4.79 Å². The lowest BCUT2D eigenvalue weighted by Gasteiger charge is -2.72. The van der Waals surface area contributed by atoms with Crippen molar-refractivity contribution in [1.82, 2.24) is 0 Å². The fraction of sp³-hybridized carbons (Fsp3) is 0.929. The molecule has 0 spiro atoms. The minimum Gasteiger partial charge on any atom is -0.432 e. The first-order chi connectivity index (χ1) is 26.5. The Morgan fingerprint density at radius 2 is 1.39 bits per heavy atom. The van der Waals surface area contributed by atoms with Crippen LogP contribution < -0.4 is 0 Å². The summed E-state index contributed by atoms with van der Waals surface area (Å²) >= 11 is 0. The van der Waals surface area contributed by atoms with Gasteiger partial charge in [0.25, 0.3) is 0 Å². The van der Waals surface area contributed by atoms with Crippen LogP contribution >= 0.6 is 0 Å². The lowest BCUT2D eigenvalue weighted by molar-refractivity contribution is -0.364. The maximum absolute atomic E-state index is 15.1. The van der Waals surface area contributed by atoms with Crippen molar-refractivity contribution in [3.8, 4) is 0 Å². The largest absolute Gasteiger partial charge is 0.432 e. The number of hydrogen-bond acceptors (Lipinski definition) is 15. The van der Waals surface area contributed by atoms with Crippen molar-refractivity contribution in [2.75, 3.05) is 13.2 Å². The maximum Gasteiger partial charge on any atom is 0.315 e. The molecule has 15 nitrogen and oxygen atoms in total. The van der Waals surface area contributed by atoms with Gasteiger partial charge >= 0.3 is 5.97 Å². The van der Waals surface area contributed by atoms with Crippen LogP contribution in [0.15, 0.2) is 11.6 Å². The Hall–Kier alpha value is -1.31. The number of carbonyl (C=O) groups excluding carboxylic acids is 1. The summed E-state index contributed by atoms with van der Waals surface area (Å²) in [6.07, 6.45) is -11.7. The summed E-state index contributed by atoms with van der Waals surface area (Å²) in [6.45, 7) is 13.3. The van der Waals surface area contributed by atoms with E-state index in [-0.39, 0.29) is 28.6 Å². The van der Waals surface area contributed by atoms with E-state index in [2.05, 4.69) is 40.7 Å². The lowest BCUT2D eigenvalue weighted by Crippen LogP contribution is -2.69. The summed E-state index contributed by atoms with van der Waals surface area (Å²) < 4.78 is 23.5. The Labute approximate surface area is 335 Å². The molecular weight excluding hydrogens is 744 g/mol. The fourth-order valence-corrected chi connectivity index (χ4v) is 13.8. The van der Waals surface area contributed by atoms with Crippen LogP contribution in [0.2, 0.25) is 0 Å². The minimum atomic E-state index is -1.87. The molecule has 7 rings (SSSR count). The third-order valence-corrected chi connectivity index (χ3v) is 17.6. The van der Waals surface area contributed by atoms with Gasteiger partial charge in [-0.3, -0.25) is 4.79 Å². The second-order valence-electron chi connectivity index (χ2n) is 20.5. The van der Waals surface area contributed by atoms with Gasteiger partial charge in [-0.05, 0) is 97.7 Å². The van der Waals surface area contributed by atoms with Gasteiger partial charge in [0, 0.05) is 5.92 Å². The number of hydrogen-bond donors (Lipinski definition) is 10. The highest BCUT2D eigenvalue weighted by Crippen LogP contribution is 2.76. The summed E-state index contributed by atoms with van der Waals surface area (Å²) in [5.41, 5.74) is -3.12. The van der Waals surface area contributed by atoms with Crippen molar-refractivity contribution in [3.05, 3.63) is 11.6 Å². The molecule has 10 N–H and O–H groups in total. The number of aliphatic hydroxyl groups is 10. The SMILES string of the molecule is C[C@@H]1CC[C@]2(C(=O)O[C@@H]3O[C@H](CO)[C@@H](O)[C@H](O)[C@H]3O[C@@H]3O[C@H](CO)[C@@H](O)[C@H](O)[C@H]3O)CC[C@]3(C)C(=CC[C@@H]4[C@@]5(C)C[C@@H](O)[C@H](O)C(C)(C)[C@@H]5CC[C@]43C)[C@@H]2[C@]1(C)O. The Morgan fingerprint density at radius 3 is 2.02 bits per heavy atom. The average Bonchev–Trinajstić information content (AvgIpc) is 3.15. The quantitative estimate of drug-likeness (QED) is 0.128. The van der Waals surface area contributed by atoms with Crippen molar-refractivity contribution in [1.29, 1.82) is 0 Å². The normalized spacial score (nSPS) is 56.0. The van der Waals surface area contributed by atoms with Crippen LogP contribution in [0.3, 0.4) is 0 Å². The highest BCUT2D eigenvalue weighted by molar-refractivity contribution is 5.79. The first-order valence-corrected chi connectivity index (χ1v) is 21.1. The van der Waals surface area contributed by atoms with Crippen LogP contribution in [0.4, 0.5) is 0 Å². The van der Waals surface area contributed by atoms with Crippen molar-refractivity contribution < 1.29 is 74.8 Å². The number of ether oxygens (including phenoxy) is 4. The second-order valence-corrected chi connectivity index (χ2v) is 20.5. The van der Waals surface area contributed by atoms with E-state index in [9.17, 15) is 51.1 Å². The molecule has 0 radical (unpaired) electrons. The topological polar surface area (TPSA) is 256 Å². The van der Waals surface area contributed by atoms with Crippen LogP contribution in [0.25, 0.3) is 0 Å². The molecule has 0 unspecified atom stereocenters. The minimum absolute atomic E-state index is 0.156. The number of allylic oxidation sites excluding steroid dienone is 1. The lowest BCUT2D eigenvalue weighted by atomic mass is 9.33. The molecule has 15 heteroatoms. The van der Waals surface area contributed by atoms with E-state index in [4.69, 9.17) is 18.9 Å². The number of rotatable bonds is 6. The number of carbonyl (C=O) groups is 1. The van der Waals surface area contributed by atoms with E-state index in [1.165, 1.54) is 0 Å². The first-order valence-electron chi connectivity index (χ1n) is 21.1.